The van der Waals surface area contributed by atoms with Gasteiger partial charge in [0.05, 0.1) is 26.0 Å². The molecule has 2 aromatic carbocycles. The van der Waals surface area contributed by atoms with Gasteiger partial charge in [-0.25, -0.2) is 0 Å². The Morgan fingerprint density at radius 2 is 1.78 bits per heavy atom. The van der Waals surface area contributed by atoms with Crippen LogP contribution in [0.15, 0.2) is 36.1 Å². The summed E-state index contributed by atoms with van der Waals surface area (Å²) in [5.41, 5.74) is 1.41. The molecule has 1 aliphatic rings. The molecule has 0 atom stereocenters. The van der Waals surface area contributed by atoms with Gasteiger partial charge in [-0.3, -0.25) is 4.79 Å². The number of hydrogen-bond acceptors (Lipinski definition) is 7. The fourth-order valence-electron chi connectivity index (χ4n) is 2.70. The Kier molecular flexibility index (Phi) is 4.84. The number of allylic oxidation sites excluding steroid dienone is 1. The van der Waals surface area contributed by atoms with Crippen molar-refractivity contribution in [2.75, 3.05) is 20.5 Å². The quantitative estimate of drug-likeness (QED) is 0.573. The normalized spacial score (nSPS) is 14.7. The Labute approximate surface area is 157 Å². The van der Waals surface area contributed by atoms with Gasteiger partial charge in [0.1, 0.15) is 23.0 Å². The van der Waals surface area contributed by atoms with E-state index in [0.29, 0.717) is 28.2 Å². The number of ketones is 1. The molecule has 27 heavy (non-hydrogen) atoms. The highest BCUT2D eigenvalue weighted by molar-refractivity contribution is 7.86. The Morgan fingerprint density at radius 1 is 1.04 bits per heavy atom. The van der Waals surface area contributed by atoms with Crippen molar-refractivity contribution >= 4 is 22.0 Å². The van der Waals surface area contributed by atoms with E-state index in [1.807, 2.05) is 0 Å². The molecule has 142 valence electrons. The molecule has 1 heterocycles. The predicted octanol–water partition coefficient (Wildman–Crippen LogP) is 2.97. The zero-order valence-electron chi connectivity index (χ0n) is 15.2. The monoisotopic (exact) mass is 390 g/mol. The zero-order chi connectivity index (χ0) is 19.8. The Hall–Kier alpha value is -3.00. The molecule has 0 radical (unpaired) electrons. The van der Waals surface area contributed by atoms with Crippen LogP contribution in [-0.2, 0) is 10.1 Å². The first-order chi connectivity index (χ1) is 12.7. The van der Waals surface area contributed by atoms with Gasteiger partial charge in [-0.2, -0.15) is 8.42 Å². The summed E-state index contributed by atoms with van der Waals surface area (Å²) >= 11 is 0. The van der Waals surface area contributed by atoms with Crippen LogP contribution >= 0.6 is 0 Å². The lowest BCUT2D eigenvalue weighted by Gasteiger charge is -2.09. The zero-order valence-corrected chi connectivity index (χ0v) is 16.0. The molecule has 0 spiro atoms. The van der Waals surface area contributed by atoms with E-state index >= 15 is 0 Å². The second kappa shape index (κ2) is 6.96. The molecule has 7 nitrogen and oxygen atoms in total. The summed E-state index contributed by atoms with van der Waals surface area (Å²) in [6.07, 6.45) is 2.52. The van der Waals surface area contributed by atoms with Crippen molar-refractivity contribution in [2.24, 2.45) is 0 Å². The highest BCUT2D eigenvalue weighted by atomic mass is 32.2. The minimum Gasteiger partial charge on any atom is -0.497 e. The second-order valence-corrected chi connectivity index (χ2v) is 7.48. The largest absolute Gasteiger partial charge is 0.497 e. The maximum absolute atomic E-state index is 12.7. The molecular formula is C19H18O7S. The van der Waals surface area contributed by atoms with Crippen molar-refractivity contribution in [3.8, 4) is 23.0 Å². The van der Waals surface area contributed by atoms with Crippen LogP contribution in [0.3, 0.4) is 0 Å². The third-order valence-corrected chi connectivity index (χ3v) is 4.49. The summed E-state index contributed by atoms with van der Waals surface area (Å²) in [5, 5.41) is 0. The van der Waals surface area contributed by atoms with Gasteiger partial charge in [0.25, 0.3) is 0 Å². The van der Waals surface area contributed by atoms with Crippen molar-refractivity contribution in [2.45, 2.75) is 6.92 Å². The molecule has 2 aromatic rings. The first-order valence-corrected chi connectivity index (χ1v) is 9.74. The summed E-state index contributed by atoms with van der Waals surface area (Å²) in [6, 6.07) is 8.10. The van der Waals surface area contributed by atoms with Crippen LogP contribution in [0.2, 0.25) is 0 Å². The minimum absolute atomic E-state index is 0.105. The van der Waals surface area contributed by atoms with E-state index in [9.17, 15) is 13.2 Å². The van der Waals surface area contributed by atoms with Crippen molar-refractivity contribution in [1.29, 1.82) is 0 Å². The van der Waals surface area contributed by atoms with Crippen molar-refractivity contribution in [1.82, 2.24) is 0 Å². The number of carbonyl (C=O) groups excluding carboxylic acids is 1. The molecule has 0 amide bonds. The summed E-state index contributed by atoms with van der Waals surface area (Å²) in [6.45, 7) is 1.63. The molecule has 0 saturated heterocycles. The first-order valence-electron chi connectivity index (χ1n) is 7.93. The molecule has 0 saturated carbocycles. The summed E-state index contributed by atoms with van der Waals surface area (Å²) in [5.74, 6) is 1.33. The van der Waals surface area contributed by atoms with Gasteiger partial charge in [0, 0.05) is 17.2 Å². The van der Waals surface area contributed by atoms with Gasteiger partial charge >= 0.3 is 10.1 Å². The maximum Gasteiger partial charge on any atom is 0.306 e. The number of Topliss-reactive ketones (excluding diaryl/α,β-unsaturated/α-hetero) is 1. The van der Waals surface area contributed by atoms with Crippen LogP contribution in [0, 0.1) is 6.92 Å². The van der Waals surface area contributed by atoms with Crippen LogP contribution in [-0.4, -0.2) is 34.7 Å². The van der Waals surface area contributed by atoms with E-state index < -0.39 is 10.1 Å². The number of carbonyl (C=O) groups is 1. The van der Waals surface area contributed by atoms with Crippen LogP contribution in [0.5, 0.6) is 23.0 Å². The Balaban J connectivity index is 2.00. The van der Waals surface area contributed by atoms with Crippen LogP contribution < -0.4 is 18.4 Å². The number of hydrogen-bond donors (Lipinski definition) is 0. The predicted molar refractivity (Wildman–Crippen MR) is 99.1 cm³/mol. The van der Waals surface area contributed by atoms with Crippen LogP contribution in [0.25, 0.3) is 6.08 Å². The molecule has 1 aliphatic heterocycles. The van der Waals surface area contributed by atoms with Gasteiger partial charge < -0.3 is 18.4 Å². The minimum atomic E-state index is -3.69. The topological polar surface area (TPSA) is 88.1 Å². The highest BCUT2D eigenvalue weighted by Crippen LogP contribution is 2.40. The molecular weight excluding hydrogens is 372 g/mol. The van der Waals surface area contributed by atoms with Crippen molar-refractivity contribution in [3.05, 3.63) is 52.8 Å². The average molecular weight is 390 g/mol. The van der Waals surface area contributed by atoms with E-state index in [1.54, 1.807) is 38.3 Å². The third kappa shape index (κ3) is 3.75. The van der Waals surface area contributed by atoms with Gasteiger partial charge in [-0.05, 0) is 37.3 Å². The number of fused-ring (bicyclic) bond motifs is 1. The van der Waals surface area contributed by atoms with Crippen LogP contribution in [0.1, 0.15) is 21.5 Å². The first kappa shape index (κ1) is 18.8. The maximum atomic E-state index is 12.7. The fraction of sp³-hybridized carbons (Fsp3) is 0.211. The van der Waals surface area contributed by atoms with Gasteiger partial charge in [-0.15, -0.1) is 0 Å². The molecule has 0 N–H and O–H groups in total. The van der Waals surface area contributed by atoms with E-state index in [-0.39, 0.29) is 23.0 Å². The number of benzene rings is 2. The van der Waals surface area contributed by atoms with E-state index in [4.69, 9.17) is 18.4 Å². The number of rotatable bonds is 5. The third-order valence-electron chi connectivity index (χ3n) is 4.01. The summed E-state index contributed by atoms with van der Waals surface area (Å²) < 4.78 is 43.9. The lowest BCUT2D eigenvalue weighted by atomic mass is 10.1. The van der Waals surface area contributed by atoms with Crippen LogP contribution in [0.4, 0.5) is 0 Å². The Morgan fingerprint density at radius 3 is 2.41 bits per heavy atom. The summed E-state index contributed by atoms with van der Waals surface area (Å²) in [7, 11) is -0.628. The second-order valence-electron chi connectivity index (χ2n) is 5.90. The molecule has 3 rings (SSSR count). The van der Waals surface area contributed by atoms with E-state index in [2.05, 4.69) is 0 Å². The van der Waals surface area contributed by atoms with E-state index in [1.165, 1.54) is 19.2 Å². The average Bonchev–Trinajstić information content (AvgIpc) is 2.93. The molecule has 0 aromatic heterocycles. The van der Waals surface area contributed by atoms with Crippen molar-refractivity contribution < 1.29 is 31.6 Å². The van der Waals surface area contributed by atoms with Gasteiger partial charge in [0.15, 0.2) is 5.76 Å². The van der Waals surface area contributed by atoms with Gasteiger partial charge in [0.2, 0.25) is 5.78 Å². The van der Waals surface area contributed by atoms with Gasteiger partial charge in [-0.1, -0.05) is 0 Å². The number of methoxy groups -OCH3 is 2. The lowest BCUT2D eigenvalue weighted by molar-refractivity contribution is 0.101. The molecule has 8 heteroatoms. The standard InChI is InChI=1S/C19H18O7S/c1-11-15(26-27(4,21)22)8-7-14-18(20)17(25-19(11)14)9-12-5-6-13(23-2)10-16(12)24-3/h5-10H,1-4H3/b17-9-. The van der Waals surface area contributed by atoms with Crippen molar-refractivity contribution in [3.63, 3.8) is 0 Å². The highest BCUT2D eigenvalue weighted by Gasteiger charge is 2.31. The SMILES string of the molecule is COc1ccc(/C=C2\Oc3c(ccc(OS(C)(=O)=O)c3C)C2=O)c(OC)c1. The summed E-state index contributed by atoms with van der Waals surface area (Å²) in [4.78, 5) is 12.7. The molecule has 0 aliphatic carbocycles. The molecule has 0 unspecified atom stereocenters. The smallest absolute Gasteiger partial charge is 0.306 e. The number of ether oxygens (including phenoxy) is 3. The lowest BCUT2D eigenvalue weighted by Crippen LogP contribution is -2.07. The molecule has 0 bridgehead atoms. The Bertz CT molecular complexity index is 1050. The molecule has 0 fully saturated rings. The van der Waals surface area contributed by atoms with E-state index in [0.717, 1.165) is 6.26 Å². The fourth-order valence-corrected chi connectivity index (χ4v) is 3.21.